The maximum Gasteiger partial charge on any atom is 0.170 e. The van der Waals surface area contributed by atoms with E-state index < -0.39 is 17.6 Å². The van der Waals surface area contributed by atoms with Gasteiger partial charge >= 0.3 is 0 Å². The van der Waals surface area contributed by atoms with E-state index in [1.165, 1.54) is 6.20 Å². The molecule has 0 amide bonds. The minimum Gasteiger partial charge on any atom is -0.488 e. The van der Waals surface area contributed by atoms with Crippen LogP contribution in [0.3, 0.4) is 0 Å². The summed E-state index contributed by atoms with van der Waals surface area (Å²) < 4.78 is 12.2. The molecule has 3 aromatic rings. The van der Waals surface area contributed by atoms with Crippen LogP contribution < -0.4 is 4.74 Å². The number of nitrogens with zero attached hydrogens (tertiary/aromatic N) is 1. The lowest BCUT2D eigenvalue weighted by atomic mass is 9.74. The molecule has 5 nitrogen and oxygen atoms in total. The summed E-state index contributed by atoms with van der Waals surface area (Å²) in [4.78, 5) is 4.29. The lowest BCUT2D eigenvalue weighted by Crippen LogP contribution is -2.49. The zero-order valence-electron chi connectivity index (χ0n) is 17.6. The molecule has 168 valence electrons. The van der Waals surface area contributed by atoms with Crippen LogP contribution in [-0.2, 0) is 16.8 Å². The van der Waals surface area contributed by atoms with Crippen LogP contribution >= 0.6 is 27.5 Å². The average molecular weight is 519 g/mol. The number of fused-ring (bicyclic) bond motifs is 1. The van der Waals surface area contributed by atoms with E-state index in [0.29, 0.717) is 22.9 Å². The van der Waals surface area contributed by atoms with E-state index in [-0.39, 0.29) is 19.1 Å². The van der Waals surface area contributed by atoms with Gasteiger partial charge in [-0.3, -0.25) is 4.98 Å². The highest BCUT2D eigenvalue weighted by molar-refractivity contribution is 9.10. The Hall–Kier alpha value is -1.96. The molecule has 0 unspecified atom stereocenters. The molecule has 0 spiro atoms. The molecule has 0 saturated heterocycles. The first-order valence-corrected chi connectivity index (χ1v) is 11.6. The largest absolute Gasteiger partial charge is 0.488 e. The first-order valence-electron chi connectivity index (χ1n) is 10.4. The van der Waals surface area contributed by atoms with Crippen molar-refractivity contribution in [3.05, 3.63) is 93.2 Å². The Labute approximate surface area is 201 Å². The molecule has 1 aliphatic rings. The van der Waals surface area contributed by atoms with E-state index in [9.17, 15) is 10.2 Å². The van der Waals surface area contributed by atoms with Gasteiger partial charge in [-0.15, -0.1) is 0 Å². The number of hydrogen-bond acceptors (Lipinski definition) is 5. The molecule has 2 heterocycles. The number of aliphatic hydroxyl groups excluding tert-OH is 1. The SMILES string of the molecule is COC[C@H]([C@H](Cc1ccc(Br)cc1)c1ccccc1)[C@@H](O)[C@]1(O)COc2cc(Cl)cnc21. The number of rotatable bonds is 8. The van der Waals surface area contributed by atoms with Crippen LogP contribution in [0.4, 0.5) is 0 Å². The molecule has 4 rings (SSSR count). The van der Waals surface area contributed by atoms with Gasteiger partial charge < -0.3 is 19.7 Å². The zero-order valence-corrected chi connectivity index (χ0v) is 20.0. The van der Waals surface area contributed by atoms with Gasteiger partial charge in [-0.1, -0.05) is 70.0 Å². The molecule has 0 bridgehead atoms. The molecule has 0 saturated carbocycles. The monoisotopic (exact) mass is 517 g/mol. The van der Waals surface area contributed by atoms with Gasteiger partial charge in [0.2, 0.25) is 0 Å². The van der Waals surface area contributed by atoms with Crippen molar-refractivity contribution in [1.82, 2.24) is 4.98 Å². The summed E-state index contributed by atoms with van der Waals surface area (Å²) in [6, 6.07) is 19.7. The Morgan fingerprint density at radius 1 is 1.19 bits per heavy atom. The minimum atomic E-state index is -1.67. The van der Waals surface area contributed by atoms with Crippen molar-refractivity contribution in [3.63, 3.8) is 0 Å². The van der Waals surface area contributed by atoms with E-state index in [1.807, 2.05) is 42.5 Å². The summed E-state index contributed by atoms with van der Waals surface area (Å²) >= 11 is 9.51. The molecular formula is C25H25BrClNO4. The van der Waals surface area contributed by atoms with Crippen molar-refractivity contribution in [3.8, 4) is 5.75 Å². The van der Waals surface area contributed by atoms with Gasteiger partial charge in [-0.2, -0.15) is 0 Å². The van der Waals surface area contributed by atoms with Crippen LogP contribution in [0.2, 0.25) is 5.02 Å². The van der Waals surface area contributed by atoms with Crippen molar-refractivity contribution in [1.29, 1.82) is 0 Å². The minimum absolute atomic E-state index is 0.100. The van der Waals surface area contributed by atoms with E-state index in [1.54, 1.807) is 13.2 Å². The van der Waals surface area contributed by atoms with E-state index >= 15 is 0 Å². The Kier molecular flexibility index (Phi) is 7.17. The highest BCUT2D eigenvalue weighted by Gasteiger charge is 2.51. The summed E-state index contributed by atoms with van der Waals surface area (Å²) in [5.74, 6) is -0.157. The maximum absolute atomic E-state index is 11.6. The number of aromatic nitrogens is 1. The topological polar surface area (TPSA) is 71.8 Å². The molecule has 2 aromatic carbocycles. The zero-order chi connectivity index (χ0) is 22.7. The summed E-state index contributed by atoms with van der Waals surface area (Å²) in [6.07, 6.45) is 0.937. The molecule has 1 aliphatic heterocycles. The van der Waals surface area contributed by atoms with Crippen molar-refractivity contribution >= 4 is 27.5 Å². The number of methoxy groups -OCH3 is 1. The Morgan fingerprint density at radius 2 is 1.91 bits per heavy atom. The second-order valence-electron chi connectivity index (χ2n) is 8.13. The molecular weight excluding hydrogens is 494 g/mol. The number of benzene rings is 2. The molecule has 2 N–H and O–H groups in total. The van der Waals surface area contributed by atoms with Crippen LogP contribution in [0.25, 0.3) is 0 Å². The summed E-state index contributed by atoms with van der Waals surface area (Å²) in [5.41, 5.74) is 0.806. The second-order valence-corrected chi connectivity index (χ2v) is 9.48. The van der Waals surface area contributed by atoms with Crippen molar-refractivity contribution < 1.29 is 19.7 Å². The fraction of sp³-hybridized carbons (Fsp3) is 0.320. The first kappa shape index (κ1) is 23.2. The third-order valence-electron chi connectivity index (χ3n) is 6.04. The Bertz CT molecular complexity index is 1050. The normalized spacial score (nSPS) is 20.3. The van der Waals surface area contributed by atoms with Gasteiger partial charge in [-0.25, -0.2) is 0 Å². The predicted octanol–water partition coefficient (Wildman–Crippen LogP) is 4.73. The third-order valence-corrected chi connectivity index (χ3v) is 6.78. The highest BCUT2D eigenvalue weighted by Crippen LogP contribution is 2.44. The number of pyridine rings is 1. The number of ether oxygens (including phenoxy) is 2. The predicted molar refractivity (Wildman–Crippen MR) is 127 cm³/mol. The molecule has 4 atom stereocenters. The molecule has 0 aliphatic carbocycles. The Morgan fingerprint density at radius 3 is 2.59 bits per heavy atom. The van der Waals surface area contributed by atoms with Gasteiger partial charge in [0.25, 0.3) is 0 Å². The van der Waals surface area contributed by atoms with Gasteiger partial charge in [0.15, 0.2) is 5.60 Å². The van der Waals surface area contributed by atoms with Crippen LogP contribution in [0, 0.1) is 5.92 Å². The van der Waals surface area contributed by atoms with E-state index in [2.05, 4.69) is 33.0 Å². The van der Waals surface area contributed by atoms with Crippen molar-refractivity contribution in [2.45, 2.75) is 24.0 Å². The van der Waals surface area contributed by atoms with Gasteiger partial charge in [-0.05, 0) is 35.6 Å². The molecule has 0 fully saturated rings. The fourth-order valence-electron chi connectivity index (χ4n) is 4.40. The summed E-state index contributed by atoms with van der Waals surface area (Å²) in [7, 11) is 1.60. The third kappa shape index (κ3) is 4.70. The molecule has 0 radical (unpaired) electrons. The van der Waals surface area contributed by atoms with Crippen molar-refractivity contribution in [2.75, 3.05) is 20.3 Å². The number of aliphatic hydroxyl groups is 2. The van der Waals surface area contributed by atoms with Crippen LogP contribution in [0.1, 0.15) is 22.7 Å². The summed E-state index contributed by atoms with van der Waals surface area (Å²) in [6.45, 7) is 0.152. The lowest BCUT2D eigenvalue weighted by molar-refractivity contribution is -0.129. The van der Waals surface area contributed by atoms with E-state index in [0.717, 1.165) is 15.6 Å². The number of hydrogen-bond donors (Lipinski definition) is 2. The average Bonchev–Trinajstić information content (AvgIpc) is 3.14. The lowest BCUT2D eigenvalue weighted by Gasteiger charge is -2.37. The molecule has 1 aromatic heterocycles. The van der Waals surface area contributed by atoms with Crippen LogP contribution in [-0.4, -0.2) is 41.6 Å². The van der Waals surface area contributed by atoms with Gasteiger partial charge in [0.1, 0.15) is 18.1 Å². The van der Waals surface area contributed by atoms with Gasteiger partial charge in [0, 0.05) is 29.8 Å². The van der Waals surface area contributed by atoms with Crippen LogP contribution in [0.5, 0.6) is 5.75 Å². The Balaban J connectivity index is 1.72. The summed E-state index contributed by atoms with van der Waals surface area (Å²) in [5, 5.41) is 23.5. The van der Waals surface area contributed by atoms with E-state index in [4.69, 9.17) is 21.1 Å². The quantitative estimate of drug-likeness (QED) is 0.451. The highest BCUT2D eigenvalue weighted by atomic mass is 79.9. The van der Waals surface area contributed by atoms with Crippen LogP contribution in [0.15, 0.2) is 71.3 Å². The smallest absolute Gasteiger partial charge is 0.170 e. The molecule has 7 heteroatoms. The fourth-order valence-corrected chi connectivity index (χ4v) is 4.81. The van der Waals surface area contributed by atoms with Gasteiger partial charge in [0.05, 0.1) is 17.7 Å². The standard InChI is InChI=1S/C25H25BrClNO4/c1-31-14-21(24(29)25(30)15-32-22-12-19(27)13-28-23(22)25)20(17-5-3-2-4-6-17)11-16-7-9-18(26)10-8-16/h2-10,12-13,20-21,24,29-30H,11,14-15H2,1H3/t20-,21-,24-,25+/m1/s1. The van der Waals surface area contributed by atoms with Crippen molar-refractivity contribution in [2.24, 2.45) is 5.92 Å². The maximum atomic E-state index is 11.6. The molecule has 32 heavy (non-hydrogen) atoms. The first-order chi connectivity index (χ1) is 15.4. The second kappa shape index (κ2) is 9.89. The number of halogens is 2.